The molecule has 41 heavy (non-hydrogen) atoms. The van der Waals surface area contributed by atoms with Crippen LogP contribution in [0.4, 0.5) is 37.0 Å². The normalized spacial score (nSPS) is 20.1. The topological polar surface area (TPSA) is 84.6 Å². The van der Waals surface area contributed by atoms with Gasteiger partial charge >= 0.3 is 18.4 Å². The van der Waals surface area contributed by atoms with Gasteiger partial charge < -0.3 is 14.2 Å². The van der Waals surface area contributed by atoms with Crippen LogP contribution in [0, 0.1) is 13.8 Å². The number of piperidine rings is 1. The van der Waals surface area contributed by atoms with E-state index in [0.717, 1.165) is 32.4 Å². The van der Waals surface area contributed by atoms with Gasteiger partial charge in [0.05, 0.1) is 46.9 Å². The van der Waals surface area contributed by atoms with Crippen LogP contribution in [0.1, 0.15) is 66.1 Å². The molecule has 1 amide bonds. The van der Waals surface area contributed by atoms with Gasteiger partial charge in [0, 0.05) is 13.1 Å². The molecule has 0 unspecified atom stereocenters. The number of benzene rings is 1. The van der Waals surface area contributed by atoms with E-state index in [2.05, 4.69) is 15.0 Å². The van der Waals surface area contributed by atoms with Crippen LogP contribution < -0.4 is 4.90 Å². The first-order valence-corrected chi connectivity index (χ1v) is 13.0. The zero-order valence-electron chi connectivity index (χ0n) is 22.4. The van der Waals surface area contributed by atoms with Crippen molar-refractivity contribution >= 4 is 11.9 Å². The van der Waals surface area contributed by atoms with E-state index >= 15 is 0 Å². The van der Waals surface area contributed by atoms with E-state index in [9.17, 15) is 31.1 Å². The number of aryl methyl sites for hydroxylation is 2. The summed E-state index contributed by atoms with van der Waals surface area (Å²) in [6, 6.07) is 0.309. The first-order valence-electron chi connectivity index (χ1n) is 13.0. The fraction of sp³-hybridized carbons (Fsp3) is 0.481. The molecule has 0 aliphatic carbocycles. The van der Waals surface area contributed by atoms with Crippen molar-refractivity contribution < 1.29 is 40.4 Å². The molecular weight excluding hydrogens is 556 g/mol. The Hall–Kier alpha value is -3.84. The smallest absolute Gasteiger partial charge is 0.416 e. The number of cyclic esters (lactones) is 1. The molecule has 8 nitrogen and oxygen atoms in total. The predicted octanol–water partition coefficient (Wildman–Crippen LogP) is 6.86. The molecule has 0 spiro atoms. The number of ether oxygens (including phenoxy) is 1. The van der Waals surface area contributed by atoms with Crippen LogP contribution in [0.2, 0.25) is 0 Å². The van der Waals surface area contributed by atoms with E-state index in [1.807, 2.05) is 0 Å². The number of nitrogens with zero attached hydrogens (tertiary/aromatic N) is 5. The molecule has 0 bridgehead atoms. The Kier molecular flexibility index (Phi) is 7.36. The molecule has 2 aliphatic heterocycles. The Morgan fingerprint density at radius 3 is 2.17 bits per heavy atom. The second kappa shape index (κ2) is 10.5. The quantitative estimate of drug-likeness (QED) is 0.304. The number of carbonyl (C=O) groups excluding carboxylic acids is 1. The van der Waals surface area contributed by atoms with Gasteiger partial charge in [-0.3, -0.25) is 4.90 Å². The first-order chi connectivity index (χ1) is 19.2. The molecule has 0 saturated carbocycles. The van der Waals surface area contributed by atoms with Gasteiger partial charge in [-0.15, -0.1) is 0 Å². The number of alkyl halides is 6. The summed E-state index contributed by atoms with van der Waals surface area (Å²) in [4.78, 5) is 25.7. The molecule has 220 valence electrons. The number of carbonyl (C=O) groups is 1. The van der Waals surface area contributed by atoms with E-state index in [-0.39, 0.29) is 12.6 Å². The molecule has 1 aromatic carbocycles. The van der Waals surface area contributed by atoms with Crippen LogP contribution >= 0.6 is 0 Å². The number of aromatic nitrogens is 3. The number of hydrogen-bond donors (Lipinski definition) is 0. The lowest BCUT2D eigenvalue weighted by atomic mass is 9.97. The van der Waals surface area contributed by atoms with Gasteiger partial charge in [-0.2, -0.15) is 26.3 Å². The van der Waals surface area contributed by atoms with Crippen molar-refractivity contribution in [2.75, 3.05) is 18.0 Å². The molecule has 2 aliphatic rings. The highest BCUT2D eigenvalue weighted by atomic mass is 19.4. The number of rotatable bonds is 5. The Balaban J connectivity index is 1.51. The third kappa shape index (κ3) is 5.68. The summed E-state index contributed by atoms with van der Waals surface area (Å²) >= 11 is 0. The summed E-state index contributed by atoms with van der Waals surface area (Å²) in [7, 11) is 0. The highest BCUT2D eigenvalue weighted by molar-refractivity contribution is 5.72. The Morgan fingerprint density at radius 2 is 1.61 bits per heavy atom. The Morgan fingerprint density at radius 1 is 0.976 bits per heavy atom. The van der Waals surface area contributed by atoms with E-state index in [1.54, 1.807) is 20.0 Å². The Labute approximate surface area is 231 Å². The third-order valence-corrected chi connectivity index (χ3v) is 7.42. The van der Waals surface area contributed by atoms with Gasteiger partial charge in [-0.1, -0.05) is 5.16 Å². The lowest BCUT2D eigenvalue weighted by molar-refractivity contribution is -0.143. The van der Waals surface area contributed by atoms with Gasteiger partial charge in [0.2, 0.25) is 0 Å². The van der Waals surface area contributed by atoms with Gasteiger partial charge in [-0.25, -0.2) is 14.8 Å². The monoisotopic (exact) mass is 583 g/mol. The van der Waals surface area contributed by atoms with Crippen LogP contribution in [-0.2, 0) is 23.6 Å². The maximum absolute atomic E-state index is 13.5. The average Bonchev–Trinajstić information content (AvgIpc) is 3.40. The van der Waals surface area contributed by atoms with E-state index in [0.29, 0.717) is 46.4 Å². The molecule has 5 rings (SSSR count). The minimum absolute atomic E-state index is 0.0450. The van der Waals surface area contributed by atoms with Crippen molar-refractivity contribution in [2.24, 2.45) is 0 Å². The lowest BCUT2D eigenvalue weighted by Crippen LogP contribution is -2.35. The molecule has 0 N–H and O–H groups in total. The number of hydrogen-bond acceptors (Lipinski definition) is 7. The molecule has 3 aromatic rings. The molecule has 2 atom stereocenters. The summed E-state index contributed by atoms with van der Waals surface area (Å²) in [5, 5.41) is 3.96. The Bertz CT molecular complexity index is 1400. The maximum atomic E-state index is 13.5. The fourth-order valence-corrected chi connectivity index (χ4v) is 5.33. The average molecular weight is 584 g/mol. The van der Waals surface area contributed by atoms with Crippen LogP contribution in [0.15, 0.2) is 28.9 Å². The highest BCUT2D eigenvalue weighted by Gasteiger charge is 2.44. The SMILES string of the molecule is Cc1noc(C)c1-c1cnc(N2CCCCC2)c(CN2C(=O)O[C@@H](c3cc(C(F)(F)F)cc(C(F)(F)F)c3)[C@@H]2C)n1. The van der Waals surface area contributed by atoms with Crippen LogP contribution in [0.3, 0.4) is 0 Å². The standard InChI is InChI=1S/C27H27F6N5O3/c1-14-22(16(3)41-36-14)20-12-34-24(37-7-5-4-6-8-37)21(35-20)13-38-15(2)23(40-25(38)39)17-9-18(26(28,29)30)11-19(10-17)27(31,32)33/h9-12,15,23H,4-8,13H2,1-3H3/t15-,23+/m0/s1. The molecule has 2 aromatic heterocycles. The summed E-state index contributed by atoms with van der Waals surface area (Å²) in [6.45, 7) is 6.30. The van der Waals surface area contributed by atoms with Gasteiger partial charge in [0.15, 0.2) is 5.82 Å². The summed E-state index contributed by atoms with van der Waals surface area (Å²) < 4.78 is 91.5. The number of anilines is 1. The summed E-state index contributed by atoms with van der Waals surface area (Å²) in [5.41, 5.74) is -1.25. The van der Waals surface area contributed by atoms with Gasteiger partial charge in [0.25, 0.3) is 0 Å². The summed E-state index contributed by atoms with van der Waals surface area (Å²) in [6.07, 6.45) is -7.79. The first kappa shape index (κ1) is 28.7. The van der Waals surface area contributed by atoms with Crippen LogP contribution in [0.25, 0.3) is 11.3 Å². The van der Waals surface area contributed by atoms with Crippen molar-refractivity contribution in [3.8, 4) is 11.3 Å². The molecular formula is C27H27F6N5O3. The van der Waals surface area contributed by atoms with Crippen LogP contribution in [-0.4, -0.2) is 45.2 Å². The minimum atomic E-state index is -5.03. The van der Waals surface area contributed by atoms with Crippen molar-refractivity contribution in [3.63, 3.8) is 0 Å². The zero-order chi connectivity index (χ0) is 29.7. The highest BCUT2D eigenvalue weighted by Crippen LogP contribution is 2.41. The molecule has 0 radical (unpaired) electrons. The fourth-order valence-electron chi connectivity index (χ4n) is 5.33. The second-order valence-corrected chi connectivity index (χ2v) is 10.3. The molecule has 2 saturated heterocycles. The molecule has 4 heterocycles. The lowest BCUT2D eigenvalue weighted by Gasteiger charge is -2.30. The van der Waals surface area contributed by atoms with Crippen molar-refractivity contribution in [1.82, 2.24) is 20.0 Å². The number of amides is 1. The minimum Gasteiger partial charge on any atom is -0.439 e. The molecule has 2 fully saturated rings. The predicted molar refractivity (Wildman–Crippen MR) is 134 cm³/mol. The van der Waals surface area contributed by atoms with Gasteiger partial charge in [-0.05, 0) is 63.8 Å². The van der Waals surface area contributed by atoms with Crippen molar-refractivity contribution in [1.29, 1.82) is 0 Å². The third-order valence-electron chi connectivity index (χ3n) is 7.42. The van der Waals surface area contributed by atoms with Crippen LogP contribution in [0.5, 0.6) is 0 Å². The van der Waals surface area contributed by atoms with Crippen molar-refractivity contribution in [2.45, 2.75) is 71.1 Å². The number of halogens is 6. The van der Waals surface area contributed by atoms with Crippen molar-refractivity contribution in [3.05, 3.63) is 58.2 Å². The van der Waals surface area contributed by atoms with E-state index in [4.69, 9.17) is 14.2 Å². The van der Waals surface area contributed by atoms with E-state index in [1.165, 1.54) is 11.8 Å². The maximum Gasteiger partial charge on any atom is 0.416 e. The summed E-state index contributed by atoms with van der Waals surface area (Å²) in [5.74, 6) is 1.06. The van der Waals surface area contributed by atoms with E-state index < -0.39 is 47.3 Å². The van der Waals surface area contributed by atoms with Gasteiger partial charge in [0.1, 0.15) is 17.6 Å². The molecule has 14 heteroatoms. The largest absolute Gasteiger partial charge is 0.439 e. The second-order valence-electron chi connectivity index (χ2n) is 10.3. The zero-order valence-corrected chi connectivity index (χ0v) is 22.4.